The van der Waals surface area contributed by atoms with Crippen LogP contribution >= 0.6 is 0 Å². The molecule has 4 radical (unpaired) electrons. The minimum atomic E-state index is -1.52. The number of carboxylic acids is 2. The van der Waals surface area contributed by atoms with Crippen molar-refractivity contribution in [3.05, 3.63) is 48.2 Å². The number of hydrogen-bond acceptors (Lipinski definition) is 4. The molecule has 0 atom stereocenters. The van der Waals surface area contributed by atoms with Crippen molar-refractivity contribution in [2.24, 2.45) is 0 Å². The average molecular weight is 304 g/mol. The second kappa shape index (κ2) is 7.21. The van der Waals surface area contributed by atoms with E-state index in [1.165, 1.54) is 0 Å². The molecule has 8 nitrogen and oxygen atoms in total. The maximum absolute atomic E-state index is 11.8. The highest BCUT2D eigenvalue weighted by molar-refractivity contribution is 6.11. The third-order valence-corrected chi connectivity index (χ3v) is 2.63. The second-order valence-electron chi connectivity index (χ2n) is 3.97. The van der Waals surface area contributed by atoms with Crippen LogP contribution in [0.15, 0.2) is 12.1 Å². The predicted molar refractivity (Wildman–Crippen MR) is 73.6 cm³/mol. The maximum Gasteiger partial charge on any atom is 0.336 e. The van der Waals surface area contributed by atoms with Gasteiger partial charge in [-0.25, -0.2) is 9.59 Å². The van der Waals surface area contributed by atoms with Crippen LogP contribution in [0.3, 0.4) is 0 Å². The first-order valence-electron chi connectivity index (χ1n) is 5.94. The molecule has 0 spiro atoms. The molecule has 22 heavy (non-hydrogen) atoms. The molecule has 0 unspecified atom stereocenters. The lowest BCUT2D eigenvalue weighted by Gasteiger charge is -2.12. The number of aromatic carboxylic acids is 2. The van der Waals surface area contributed by atoms with E-state index in [-0.39, 0.29) is 24.2 Å². The summed E-state index contributed by atoms with van der Waals surface area (Å²) < 4.78 is 0. The number of carbonyl (C=O) groups excluding carboxylic acids is 2. The van der Waals surface area contributed by atoms with Crippen molar-refractivity contribution in [1.29, 1.82) is 0 Å². The van der Waals surface area contributed by atoms with Gasteiger partial charge in [-0.1, -0.05) is 0 Å². The summed E-state index contributed by atoms with van der Waals surface area (Å²) in [5.41, 5.74) is -1.89. The zero-order valence-electron chi connectivity index (χ0n) is 11.3. The van der Waals surface area contributed by atoms with E-state index in [0.717, 1.165) is 12.1 Å². The third kappa shape index (κ3) is 3.60. The number of carbonyl (C=O) groups is 4. The van der Waals surface area contributed by atoms with Crippen LogP contribution < -0.4 is 10.6 Å². The van der Waals surface area contributed by atoms with Gasteiger partial charge < -0.3 is 20.8 Å². The monoisotopic (exact) mass is 304 g/mol. The van der Waals surface area contributed by atoms with Crippen LogP contribution in [0.2, 0.25) is 0 Å². The van der Waals surface area contributed by atoms with Gasteiger partial charge >= 0.3 is 11.9 Å². The minimum Gasteiger partial charge on any atom is -0.478 e. The van der Waals surface area contributed by atoms with Crippen LogP contribution in [-0.4, -0.2) is 47.1 Å². The van der Waals surface area contributed by atoms with Gasteiger partial charge in [0, 0.05) is 13.1 Å². The molecule has 0 saturated carbocycles. The van der Waals surface area contributed by atoms with Gasteiger partial charge in [-0.3, -0.25) is 9.59 Å². The van der Waals surface area contributed by atoms with Crippen LogP contribution in [0, 0.1) is 13.8 Å². The standard InChI is InChI=1S/C14H12N2O6/c1-3-15-11(17)7-5-8(12(18)16-4-2)10(14(21)22)6-9(7)13(19)20/h1-2,5-6H,3-4H2,(H,15,17)(H,16,18)(H,19,20)(H,21,22). The van der Waals surface area contributed by atoms with Crippen LogP contribution in [0.4, 0.5) is 0 Å². The molecule has 4 N–H and O–H groups in total. The van der Waals surface area contributed by atoms with Crippen molar-refractivity contribution < 1.29 is 29.4 Å². The van der Waals surface area contributed by atoms with Gasteiger partial charge in [-0.05, 0) is 26.0 Å². The van der Waals surface area contributed by atoms with Crippen LogP contribution in [-0.2, 0) is 0 Å². The van der Waals surface area contributed by atoms with Gasteiger partial charge in [0.25, 0.3) is 11.8 Å². The van der Waals surface area contributed by atoms with Crippen molar-refractivity contribution in [3.63, 3.8) is 0 Å². The highest BCUT2D eigenvalue weighted by Crippen LogP contribution is 2.18. The molecular formula is C14H12N2O6. The first kappa shape index (κ1) is 17.2. The zero-order valence-corrected chi connectivity index (χ0v) is 11.3. The van der Waals surface area contributed by atoms with E-state index in [4.69, 9.17) is 24.1 Å². The van der Waals surface area contributed by atoms with Gasteiger partial charge in [0.15, 0.2) is 0 Å². The molecule has 8 heteroatoms. The maximum atomic E-state index is 11.8. The summed E-state index contributed by atoms with van der Waals surface area (Å²) in [6, 6.07) is 1.62. The van der Waals surface area contributed by atoms with E-state index >= 15 is 0 Å². The Morgan fingerprint density at radius 1 is 0.773 bits per heavy atom. The molecule has 0 bridgehead atoms. The fraction of sp³-hybridized carbons (Fsp3) is 0.143. The van der Waals surface area contributed by atoms with Crippen molar-refractivity contribution >= 4 is 23.8 Å². The first-order valence-corrected chi connectivity index (χ1v) is 5.94. The van der Waals surface area contributed by atoms with Gasteiger partial charge in [-0.15, -0.1) is 0 Å². The van der Waals surface area contributed by atoms with E-state index < -0.39 is 34.9 Å². The Labute approximate surface area is 126 Å². The predicted octanol–water partition coefficient (Wildman–Crippen LogP) is -0.0352. The van der Waals surface area contributed by atoms with E-state index in [9.17, 15) is 19.2 Å². The smallest absolute Gasteiger partial charge is 0.336 e. The lowest BCUT2D eigenvalue weighted by molar-refractivity contribution is 0.0687. The van der Waals surface area contributed by atoms with Gasteiger partial charge in [0.2, 0.25) is 0 Å². The summed E-state index contributed by atoms with van der Waals surface area (Å²) in [6.45, 7) is 9.77. The van der Waals surface area contributed by atoms with Crippen molar-refractivity contribution in [1.82, 2.24) is 10.6 Å². The summed E-state index contributed by atoms with van der Waals surface area (Å²) in [4.78, 5) is 46.0. The Kier molecular flexibility index (Phi) is 5.62. The molecule has 114 valence electrons. The summed E-state index contributed by atoms with van der Waals surface area (Å²) >= 11 is 0. The van der Waals surface area contributed by atoms with Crippen LogP contribution in [0.5, 0.6) is 0 Å². The largest absolute Gasteiger partial charge is 0.478 e. The van der Waals surface area contributed by atoms with Gasteiger partial charge in [0.1, 0.15) is 0 Å². The number of hydrogen-bond donors (Lipinski definition) is 4. The number of carboxylic acid groups (broad SMARTS) is 2. The van der Waals surface area contributed by atoms with E-state index in [1.54, 1.807) is 0 Å². The Hall–Kier alpha value is -2.90. The molecule has 0 aliphatic carbocycles. The number of benzene rings is 1. The summed E-state index contributed by atoms with van der Waals surface area (Å²) in [5, 5.41) is 22.5. The molecule has 1 rings (SSSR count). The fourth-order valence-electron chi connectivity index (χ4n) is 1.71. The Morgan fingerprint density at radius 2 is 1.09 bits per heavy atom. The number of nitrogens with one attached hydrogen (secondary N) is 2. The molecule has 0 saturated heterocycles. The molecule has 0 aliphatic rings. The second-order valence-corrected chi connectivity index (χ2v) is 3.97. The third-order valence-electron chi connectivity index (χ3n) is 2.63. The topological polar surface area (TPSA) is 133 Å². The fourth-order valence-corrected chi connectivity index (χ4v) is 1.71. The van der Waals surface area contributed by atoms with Crippen LogP contribution in [0.25, 0.3) is 0 Å². The number of amides is 2. The molecule has 0 fully saturated rings. The van der Waals surface area contributed by atoms with Crippen molar-refractivity contribution in [3.8, 4) is 0 Å². The zero-order chi connectivity index (χ0) is 16.9. The quantitative estimate of drug-likeness (QED) is 0.583. The molecule has 2 amide bonds. The van der Waals surface area contributed by atoms with E-state index in [1.807, 2.05) is 0 Å². The molecule has 1 aromatic rings. The minimum absolute atomic E-state index is 0.261. The van der Waals surface area contributed by atoms with Crippen LogP contribution in [0.1, 0.15) is 41.4 Å². The van der Waals surface area contributed by atoms with E-state index in [2.05, 4.69) is 10.6 Å². The summed E-state index contributed by atoms with van der Waals surface area (Å²) in [6.07, 6.45) is 0. The molecule has 0 heterocycles. The molecule has 0 aliphatic heterocycles. The average Bonchev–Trinajstić information content (AvgIpc) is 2.46. The normalized spacial score (nSPS) is 9.91. The Balaban J connectivity index is 3.58. The number of rotatable bonds is 6. The lowest BCUT2D eigenvalue weighted by Crippen LogP contribution is -2.29. The SMILES string of the molecule is [CH]CNC(=O)c1cc(C(=O)NC[CH])c(C(=O)O)cc1C(=O)O. The van der Waals surface area contributed by atoms with Crippen molar-refractivity contribution in [2.75, 3.05) is 13.1 Å². The molecular weight excluding hydrogens is 292 g/mol. The van der Waals surface area contributed by atoms with E-state index in [0.29, 0.717) is 0 Å². The Bertz CT molecular complexity index is 587. The molecule has 0 aromatic heterocycles. The first-order chi connectivity index (χ1) is 10.3. The highest BCUT2D eigenvalue weighted by atomic mass is 16.4. The molecule has 1 aromatic carbocycles. The summed E-state index contributed by atoms with van der Waals surface area (Å²) in [5.74, 6) is -4.73. The highest BCUT2D eigenvalue weighted by Gasteiger charge is 2.25. The van der Waals surface area contributed by atoms with Gasteiger partial charge in [-0.2, -0.15) is 0 Å². The summed E-state index contributed by atoms with van der Waals surface area (Å²) in [7, 11) is 0. The Morgan fingerprint density at radius 3 is 1.36 bits per heavy atom. The van der Waals surface area contributed by atoms with Crippen molar-refractivity contribution in [2.45, 2.75) is 0 Å². The van der Waals surface area contributed by atoms with Gasteiger partial charge in [0.05, 0.1) is 22.3 Å². The lowest BCUT2D eigenvalue weighted by atomic mass is 9.97.